The van der Waals surface area contributed by atoms with Crippen LogP contribution in [0.4, 0.5) is 4.39 Å². The standard InChI is InChI=1S/C8H7FO4/c9-5-3-1-2-4(7(10)11)6(5)8(12)13/h1,3-4H,2H2,(H,10,11)(H,12,13). The molecule has 1 rings (SSSR count). The van der Waals surface area contributed by atoms with E-state index in [0.29, 0.717) is 0 Å². The normalized spacial score (nSPS) is 21.8. The highest BCUT2D eigenvalue weighted by molar-refractivity contribution is 5.95. The summed E-state index contributed by atoms with van der Waals surface area (Å²) in [5.41, 5.74) is -0.671. The van der Waals surface area contributed by atoms with E-state index in [9.17, 15) is 14.0 Å². The lowest BCUT2D eigenvalue weighted by Crippen LogP contribution is -2.23. The second-order valence-corrected chi connectivity index (χ2v) is 2.60. The lowest BCUT2D eigenvalue weighted by Gasteiger charge is -2.14. The number of allylic oxidation sites excluding steroid dienone is 3. The minimum atomic E-state index is -1.52. The van der Waals surface area contributed by atoms with Crippen LogP contribution >= 0.6 is 0 Å². The van der Waals surface area contributed by atoms with Gasteiger partial charge in [0, 0.05) is 0 Å². The van der Waals surface area contributed by atoms with Gasteiger partial charge in [0.15, 0.2) is 0 Å². The molecule has 0 heterocycles. The van der Waals surface area contributed by atoms with E-state index < -0.39 is 29.3 Å². The summed E-state index contributed by atoms with van der Waals surface area (Å²) < 4.78 is 12.9. The Hall–Kier alpha value is -1.65. The first kappa shape index (κ1) is 9.44. The average Bonchev–Trinajstić information content (AvgIpc) is 2.02. The van der Waals surface area contributed by atoms with Crippen molar-refractivity contribution in [3.63, 3.8) is 0 Å². The van der Waals surface area contributed by atoms with Crippen LogP contribution in [-0.4, -0.2) is 22.2 Å². The topological polar surface area (TPSA) is 74.6 Å². The molecule has 1 aliphatic rings. The Labute approximate surface area is 73.0 Å². The van der Waals surface area contributed by atoms with Crippen molar-refractivity contribution in [3.05, 3.63) is 23.6 Å². The molecule has 0 saturated carbocycles. The Morgan fingerprint density at radius 3 is 2.46 bits per heavy atom. The van der Waals surface area contributed by atoms with Gasteiger partial charge in [0.2, 0.25) is 0 Å². The van der Waals surface area contributed by atoms with E-state index in [2.05, 4.69) is 0 Å². The number of rotatable bonds is 2. The van der Waals surface area contributed by atoms with Crippen molar-refractivity contribution in [2.24, 2.45) is 5.92 Å². The molecule has 0 spiro atoms. The summed E-state index contributed by atoms with van der Waals surface area (Å²) in [6.45, 7) is 0. The third-order valence-electron chi connectivity index (χ3n) is 1.77. The Balaban J connectivity index is 3.10. The molecule has 1 unspecified atom stereocenters. The third kappa shape index (κ3) is 1.74. The number of hydrogen-bond acceptors (Lipinski definition) is 2. The van der Waals surface area contributed by atoms with Gasteiger partial charge in [-0.15, -0.1) is 0 Å². The first-order valence-corrected chi connectivity index (χ1v) is 3.56. The number of halogens is 1. The first-order valence-electron chi connectivity index (χ1n) is 3.56. The van der Waals surface area contributed by atoms with Crippen LogP contribution in [0.3, 0.4) is 0 Å². The molecule has 1 aliphatic carbocycles. The van der Waals surface area contributed by atoms with Gasteiger partial charge < -0.3 is 10.2 Å². The van der Waals surface area contributed by atoms with Crippen LogP contribution in [0.2, 0.25) is 0 Å². The molecule has 1 atom stereocenters. The lowest BCUT2D eigenvalue weighted by atomic mass is 9.91. The van der Waals surface area contributed by atoms with Gasteiger partial charge in [-0.05, 0) is 12.5 Å². The molecule has 0 fully saturated rings. The fraction of sp³-hybridized carbons (Fsp3) is 0.250. The Morgan fingerprint density at radius 2 is 2.08 bits per heavy atom. The molecular formula is C8H7FO4. The smallest absolute Gasteiger partial charge is 0.335 e. The Morgan fingerprint density at radius 1 is 1.46 bits per heavy atom. The minimum absolute atomic E-state index is 0.0182. The van der Waals surface area contributed by atoms with Crippen molar-refractivity contribution in [1.82, 2.24) is 0 Å². The van der Waals surface area contributed by atoms with Crippen LogP contribution in [0.15, 0.2) is 23.6 Å². The quantitative estimate of drug-likeness (QED) is 0.673. The molecule has 4 nitrogen and oxygen atoms in total. The zero-order chi connectivity index (χ0) is 10.0. The van der Waals surface area contributed by atoms with Crippen molar-refractivity contribution in [3.8, 4) is 0 Å². The number of carboxylic acid groups (broad SMARTS) is 2. The maximum atomic E-state index is 12.9. The molecule has 5 heteroatoms. The second kappa shape index (κ2) is 3.38. The zero-order valence-electron chi connectivity index (χ0n) is 6.53. The van der Waals surface area contributed by atoms with Crippen LogP contribution in [0, 0.1) is 5.92 Å². The second-order valence-electron chi connectivity index (χ2n) is 2.60. The fourth-order valence-corrected chi connectivity index (χ4v) is 1.16. The van der Waals surface area contributed by atoms with Gasteiger partial charge in [-0.25, -0.2) is 9.18 Å². The zero-order valence-corrected chi connectivity index (χ0v) is 6.53. The van der Waals surface area contributed by atoms with Crippen LogP contribution in [-0.2, 0) is 9.59 Å². The molecule has 0 aromatic carbocycles. The number of carbonyl (C=O) groups is 2. The molecule has 0 aliphatic heterocycles. The summed E-state index contributed by atoms with van der Waals surface area (Å²) in [5, 5.41) is 17.1. The van der Waals surface area contributed by atoms with E-state index in [0.717, 1.165) is 6.08 Å². The summed E-state index contributed by atoms with van der Waals surface area (Å²) in [7, 11) is 0. The van der Waals surface area contributed by atoms with E-state index in [-0.39, 0.29) is 6.42 Å². The molecule has 0 aromatic rings. The summed E-state index contributed by atoms with van der Waals surface area (Å²) in [6.07, 6.45) is 2.30. The molecule has 0 saturated heterocycles. The molecule has 13 heavy (non-hydrogen) atoms. The summed E-state index contributed by atoms with van der Waals surface area (Å²) in [5.74, 6) is -5.10. The van der Waals surface area contributed by atoms with Crippen molar-refractivity contribution < 1.29 is 24.2 Å². The summed E-state index contributed by atoms with van der Waals surface area (Å²) in [4.78, 5) is 21.0. The predicted octanol–water partition coefficient (Wildman–Crippen LogP) is 0.955. The first-order chi connectivity index (χ1) is 6.04. The predicted molar refractivity (Wildman–Crippen MR) is 40.7 cm³/mol. The third-order valence-corrected chi connectivity index (χ3v) is 1.77. The Bertz CT molecular complexity index is 316. The van der Waals surface area contributed by atoms with E-state index in [1.165, 1.54) is 6.08 Å². The lowest BCUT2D eigenvalue weighted by molar-refractivity contribution is -0.143. The maximum absolute atomic E-state index is 12.9. The minimum Gasteiger partial charge on any atom is -0.481 e. The highest BCUT2D eigenvalue weighted by Gasteiger charge is 2.31. The number of aliphatic carboxylic acids is 2. The van der Waals surface area contributed by atoms with Crippen LogP contribution in [0.1, 0.15) is 6.42 Å². The molecule has 0 amide bonds. The van der Waals surface area contributed by atoms with Gasteiger partial charge >= 0.3 is 11.9 Å². The molecule has 0 aromatic heterocycles. The SMILES string of the molecule is O=C(O)C1=C(F)C=CCC1C(=O)O. The van der Waals surface area contributed by atoms with Crippen LogP contribution in [0.5, 0.6) is 0 Å². The summed E-state index contributed by atoms with van der Waals surface area (Å²) in [6, 6.07) is 0. The van der Waals surface area contributed by atoms with Crippen molar-refractivity contribution in [1.29, 1.82) is 0 Å². The van der Waals surface area contributed by atoms with Gasteiger partial charge in [-0.2, -0.15) is 0 Å². The summed E-state index contributed by atoms with van der Waals surface area (Å²) >= 11 is 0. The van der Waals surface area contributed by atoms with Crippen molar-refractivity contribution >= 4 is 11.9 Å². The largest absolute Gasteiger partial charge is 0.481 e. The van der Waals surface area contributed by atoms with E-state index in [4.69, 9.17) is 10.2 Å². The van der Waals surface area contributed by atoms with Crippen molar-refractivity contribution in [2.75, 3.05) is 0 Å². The highest BCUT2D eigenvalue weighted by Crippen LogP contribution is 2.26. The molecular weight excluding hydrogens is 179 g/mol. The van der Waals surface area contributed by atoms with Gasteiger partial charge in [-0.1, -0.05) is 6.08 Å². The molecule has 2 N–H and O–H groups in total. The fourth-order valence-electron chi connectivity index (χ4n) is 1.16. The number of carboxylic acids is 2. The van der Waals surface area contributed by atoms with E-state index >= 15 is 0 Å². The number of hydrogen-bond donors (Lipinski definition) is 2. The van der Waals surface area contributed by atoms with Gasteiger partial charge in [0.05, 0.1) is 11.5 Å². The van der Waals surface area contributed by atoms with Crippen LogP contribution in [0.25, 0.3) is 0 Å². The van der Waals surface area contributed by atoms with Crippen molar-refractivity contribution in [2.45, 2.75) is 6.42 Å². The van der Waals surface area contributed by atoms with Gasteiger partial charge in [0.1, 0.15) is 5.83 Å². The molecule has 70 valence electrons. The molecule has 0 bridgehead atoms. The highest BCUT2D eigenvalue weighted by atomic mass is 19.1. The van der Waals surface area contributed by atoms with E-state index in [1.54, 1.807) is 0 Å². The maximum Gasteiger partial charge on any atom is 0.335 e. The van der Waals surface area contributed by atoms with Gasteiger partial charge in [-0.3, -0.25) is 4.79 Å². The van der Waals surface area contributed by atoms with Gasteiger partial charge in [0.25, 0.3) is 0 Å². The monoisotopic (exact) mass is 186 g/mol. The average molecular weight is 186 g/mol. The van der Waals surface area contributed by atoms with E-state index in [1.807, 2.05) is 0 Å². The molecule has 0 radical (unpaired) electrons. The van der Waals surface area contributed by atoms with Crippen LogP contribution < -0.4 is 0 Å². The Kier molecular flexibility index (Phi) is 2.46.